The Balaban J connectivity index is 1.62. The number of benzene rings is 2. The number of amides is 2. The zero-order valence-electron chi connectivity index (χ0n) is 17.5. The first-order chi connectivity index (χ1) is 14.4. The van der Waals surface area contributed by atoms with Crippen LogP contribution in [0.4, 0.5) is 4.39 Å². The van der Waals surface area contributed by atoms with Crippen molar-refractivity contribution in [3.05, 3.63) is 71.5 Å². The Hall–Kier alpha value is -2.77. The summed E-state index contributed by atoms with van der Waals surface area (Å²) in [6, 6.07) is 15.4. The van der Waals surface area contributed by atoms with Gasteiger partial charge in [-0.3, -0.25) is 14.5 Å². The predicted octanol–water partition coefficient (Wildman–Crippen LogP) is 2.11. The molecule has 2 N–H and O–H groups in total. The van der Waals surface area contributed by atoms with Crippen LogP contribution in [0.3, 0.4) is 0 Å². The number of rotatable bonds is 6. The number of likely N-dealkylation sites (N-methyl/N-ethyl adjacent to an activating group) is 1. The molecule has 0 saturated carbocycles. The fraction of sp³-hybridized carbons (Fsp3) is 0.391. The molecule has 0 bridgehead atoms. The minimum Gasteiger partial charge on any atom is -0.346 e. The summed E-state index contributed by atoms with van der Waals surface area (Å²) in [5.41, 5.74) is 1.85. The van der Waals surface area contributed by atoms with Crippen molar-refractivity contribution in [1.82, 2.24) is 20.4 Å². The maximum atomic E-state index is 13.4. The molecule has 160 valence electrons. The molecule has 0 unspecified atom stereocenters. The molecule has 1 saturated heterocycles. The Kier molecular flexibility index (Phi) is 7.54. The Morgan fingerprint density at radius 3 is 2.20 bits per heavy atom. The second-order valence-corrected chi connectivity index (χ2v) is 7.72. The topological polar surface area (TPSA) is 64.7 Å². The van der Waals surface area contributed by atoms with Crippen LogP contribution >= 0.6 is 0 Å². The van der Waals surface area contributed by atoms with Crippen LogP contribution in [-0.2, 0) is 9.59 Å². The highest BCUT2D eigenvalue weighted by Gasteiger charge is 2.26. The van der Waals surface area contributed by atoms with E-state index in [0.717, 1.165) is 37.3 Å². The Morgan fingerprint density at radius 2 is 1.57 bits per heavy atom. The van der Waals surface area contributed by atoms with Crippen molar-refractivity contribution < 1.29 is 14.0 Å². The summed E-state index contributed by atoms with van der Waals surface area (Å²) in [7, 11) is 2.07. The number of nitrogens with zero attached hydrogens (tertiary/aromatic N) is 2. The van der Waals surface area contributed by atoms with E-state index in [2.05, 4.69) is 27.5 Å². The van der Waals surface area contributed by atoms with Gasteiger partial charge < -0.3 is 15.5 Å². The van der Waals surface area contributed by atoms with Crippen LogP contribution in [0, 0.1) is 5.82 Å². The van der Waals surface area contributed by atoms with E-state index in [9.17, 15) is 14.0 Å². The lowest BCUT2D eigenvalue weighted by atomic mass is 10.0. The summed E-state index contributed by atoms with van der Waals surface area (Å²) in [5, 5.41) is 5.49. The highest BCUT2D eigenvalue weighted by atomic mass is 19.1. The lowest BCUT2D eigenvalue weighted by Gasteiger charge is -2.38. The van der Waals surface area contributed by atoms with Crippen LogP contribution in [0.5, 0.6) is 0 Å². The fourth-order valence-electron chi connectivity index (χ4n) is 3.63. The molecule has 2 atom stereocenters. The molecular weight excluding hydrogens is 383 g/mol. The third kappa shape index (κ3) is 5.87. The minimum atomic E-state index is -0.668. The van der Waals surface area contributed by atoms with E-state index in [4.69, 9.17) is 0 Å². The van der Waals surface area contributed by atoms with Gasteiger partial charge in [-0.05, 0) is 37.2 Å². The molecule has 30 heavy (non-hydrogen) atoms. The normalized spacial score (nSPS) is 17.2. The molecule has 3 rings (SSSR count). The van der Waals surface area contributed by atoms with Gasteiger partial charge in [-0.1, -0.05) is 42.5 Å². The van der Waals surface area contributed by atoms with Crippen molar-refractivity contribution >= 4 is 11.8 Å². The van der Waals surface area contributed by atoms with Crippen LogP contribution in [0.15, 0.2) is 54.6 Å². The van der Waals surface area contributed by atoms with Gasteiger partial charge in [-0.15, -0.1) is 0 Å². The lowest BCUT2D eigenvalue weighted by molar-refractivity contribution is -0.139. The zero-order chi connectivity index (χ0) is 21.5. The molecule has 2 amide bonds. The highest BCUT2D eigenvalue weighted by molar-refractivity contribution is 6.35. The summed E-state index contributed by atoms with van der Waals surface area (Å²) < 4.78 is 13.4. The monoisotopic (exact) mass is 412 g/mol. The smallest absolute Gasteiger partial charge is 0.309 e. The summed E-state index contributed by atoms with van der Waals surface area (Å²) in [6.45, 7) is 5.63. The summed E-state index contributed by atoms with van der Waals surface area (Å²) in [5.74, 6) is -1.63. The van der Waals surface area contributed by atoms with E-state index in [1.165, 1.54) is 12.1 Å². The SMILES string of the molecule is C[C@@H](NC(=O)C(=O)NC[C@H](c1ccc(F)cc1)N1CCN(C)CC1)c1ccccc1. The number of carbonyl (C=O) groups is 2. The Morgan fingerprint density at radius 1 is 0.933 bits per heavy atom. The molecule has 0 aromatic heterocycles. The van der Waals surface area contributed by atoms with Gasteiger partial charge in [0.15, 0.2) is 0 Å². The quantitative estimate of drug-likeness (QED) is 0.714. The van der Waals surface area contributed by atoms with E-state index in [0.29, 0.717) is 0 Å². The molecule has 0 radical (unpaired) electrons. The van der Waals surface area contributed by atoms with Crippen molar-refractivity contribution in [2.75, 3.05) is 39.8 Å². The van der Waals surface area contributed by atoms with E-state index < -0.39 is 11.8 Å². The molecule has 1 aliphatic heterocycles. The number of hydrogen-bond donors (Lipinski definition) is 2. The standard InChI is InChI=1S/C23H29FN4O2/c1-17(18-6-4-3-5-7-18)26-23(30)22(29)25-16-21(19-8-10-20(24)11-9-19)28-14-12-27(2)13-15-28/h3-11,17,21H,12-16H2,1-2H3,(H,25,29)(H,26,30)/t17-,21-/m1/s1. The van der Waals surface area contributed by atoms with Gasteiger partial charge in [-0.25, -0.2) is 4.39 Å². The maximum Gasteiger partial charge on any atom is 0.309 e. The van der Waals surface area contributed by atoms with Gasteiger partial charge in [0.1, 0.15) is 5.82 Å². The average molecular weight is 413 g/mol. The molecule has 2 aromatic carbocycles. The predicted molar refractivity (Wildman–Crippen MR) is 114 cm³/mol. The molecule has 1 fully saturated rings. The van der Waals surface area contributed by atoms with Crippen LogP contribution in [0.1, 0.15) is 30.1 Å². The molecule has 0 spiro atoms. The van der Waals surface area contributed by atoms with Crippen molar-refractivity contribution in [2.45, 2.75) is 19.0 Å². The number of nitrogens with one attached hydrogen (secondary N) is 2. The van der Waals surface area contributed by atoms with Gasteiger partial charge in [-0.2, -0.15) is 0 Å². The number of halogens is 1. The van der Waals surface area contributed by atoms with E-state index in [1.807, 2.05) is 37.3 Å². The second-order valence-electron chi connectivity index (χ2n) is 7.72. The zero-order valence-corrected chi connectivity index (χ0v) is 17.5. The molecule has 7 heteroatoms. The van der Waals surface area contributed by atoms with Crippen molar-refractivity contribution in [3.8, 4) is 0 Å². The summed E-state index contributed by atoms with van der Waals surface area (Å²) >= 11 is 0. The number of carbonyl (C=O) groups excluding carboxylic acids is 2. The van der Waals surface area contributed by atoms with E-state index in [-0.39, 0.29) is 24.4 Å². The minimum absolute atomic E-state index is 0.123. The molecule has 0 aliphatic carbocycles. The Bertz CT molecular complexity index is 836. The number of piperazine rings is 1. The maximum absolute atomic E-state index is 13.4. The van der Waals surface area contributed by atoms with Crippen LogP contribution in [-0.4, -0.2) is 61.4 Å². The van der Waals surface area contributed by atoms with Crippen LogP contribution in [0.25, 0.3) is 0 Å². The molecule has 2 aromatic rings. The van der Waals surface area contributed by atoms with Gasteiger partial charge in [0.05, 0.1) is 12.1 Å². The van der Waals surface area contributed by atoms with E-state index in [1.54, 1.807) is 12.1 Å². The largest absolute Gasteiger partial charge is 0.346 e. The first kappa shape index (κ1) is 21.9. The molecule has 6 nitrogen and oxygen atoms in total. The van der Waals surface area contributed by atoms with Crippen molar-refractivity contribution in [2.24, 2.45) is 0 Å². The van der Waals surface area contributed by atoms with Crippen LogP contribution in [0.2, 0.25) is 0 Å². The lowest BCUT2D eigenvalue weighted by Crippen LogP contribution is -2.49. The molecule has 1 aliphatic rings. The molecular formula is C23H29FN4O2. The third-order valence-corrected chi connectivity index (χ3v) is 5.54. The summed E-state index contributed by atoms with van der Waals surface area (Å²) in [4.78, 5) is 29.3. The van der Waals surface area contributed by atoms with Crippen molar-refractivity contribution in [1.29, 1.82) is 0 Å². The third-order valence-electron chi connectivity index (χ3n) is 5.54. The van der Waals surface area contributed by atoms with Gasteiger partial charge in [0.2, 0.25) is 0 Å². The highest BCUT2D eigenvalue weighted by Crippen LogP contribution is 2.22. The van der Waals surface area contributed by atoms with Crippen LogP contribution < -0.4 is 10.6 Å². The summed E-state index contributed by atoms with van der Waals surface area (Å²) in [6.07, 6.45) is 0. The number of hydrogen-bond acceptors (Lipinski definition) is 4. The van der Waals surface area contributed by atoms with Gasteiger partial charge in [0, 0.05) is 32.7 Å². The molecule has 1 heterocycles. The average Bonchev–Trinajstić information content (AvgIpc) is 2.76. The first-order valence-electron chi connectivity index (χ1n) is 10.3. The van der Waals surface area contributed by atoms with E-state index >= 15 is 0 Å². The fourth-order valence-corrected chi connectivity index (χ4v) is 3.63. The van der Waals surface area contributed by atoms with Gasteiger partial charge >= 0.3 is 11.8 Å². The van der Waals surface area contributed by atoms with Gasteiger partial charge in [0.25, 0.3) is 0 Å². The second kappa shape index (κ2) is 10.3. The first-order valence-corrected chi connectivity index (χ1v) is 10.3. The Labute approximate surface area is 177 Å². The van der Waals surface area contributed by atoms with Crippen molar-refractivity contribution in [3.63, 3.8) is 0 Å².